The van der Waals surface area contributed by atoms with Crippen LogP contribution < -0.4 is 5.32 Å². The molecule has 5 nitrogen and oxygen atoms in total. The lowest BCUT2D eigenvalue weighted by molar-refractivity contribution is -0.126. The van der Waals surface area contributed by atoms with Gasteiger partial charge in [0.2, 0.25) is 5.91 Å². The second kappa shape index (κ2) is 4.74. The lowest BCUT2D eigenvalue weighted by Gasteiger charge is -2.19. The van der Waals surface area contributed by atoms with Crippen molar-refractivity contribution in [2.45, 2.75) is 39.7 Å². The number of carbonyl (C=O) groups is 3. The molecule has 0 rings (SSSR count). The van der Waals surface area contributed by atoms with Gasteiger partial charge in [0.25, 0.3) is 0 Å². The fourth-order valence-corrected chi connectivity index (χ4v) is 0.688. The lowest BCUT2D eigenvalue weighted by atomic mass is 10.2. The smallest absolute Gasteiger partial charge is 0.414 e. The summed E-state index contributed by atoms with van der Waals surface area (Å²) in [6.45, 7) is 6.32. The van der Waals surface area contributed by atoms with Crippen LogP contribution in [-0.4, -0.2) is 23.4 Å². The average Bonchev–Trinajstić information content (AvgIpc) is 1.77. The zero-order chi connectivity index (χ0) is 11.4. The van der Waals surface area contributed by atoms with Crippen LogP contribution in [-0.2, 0) is 14.3 Å². The molecule has 0 saturated heterocycles. The summed E-state index contributed by atoms with van der Waals surface area (Å²) in [6, 6.07) is 0. The molecule has 0 aromatic rings. The van der Waals surface area contributed by atoms with Crippen molar-refractivity contribution in [1.82, 2.24) is 5.32 Å². The third-order valence-corrected chi connectivity index (χ3v) is 1.05. The molecule has 0 fully saturated rings. The normalized spacial score (nSPS) is 10.6. The molecule has 0 bridgehead atoms. The van der Waals surface area contributed by atoms with Crippen molar-refractivity contribution in [2.24, 2.45) is 0 Å². The van der Waals surface area contributed by atoms with Crippen molar-refractivity contribution in [3.05, 3.63) is 0 Å². The summed E-state index contributed by atoms with van der Waals surface area (Å²) in [5.41, 5.74) is -0.652. The molecule has 0 spiro atoms. The Labute approximate surface area is 82.8 Å². The van der Waals surface area contributed by atoms with Crippen molar-refractivity contribution in [1.29, 1.82) is 0 Å². The highest BCUT2D eigenvalue weighted by atomic mass is 16.6. The molecular weight excluding hydrogens is 186 g/mol. The summed E-state index contributed by atoms with van der Waals surface area (Å²) >= 11 is 0. The highest BCUT2D eigenvalue weighted by Crippen LogP contribution is 2.06. The molecule has 0 heterocycles. The number of ketones is 1. The van der Waals surface area contributed by atoms with E-state index >= 15 is 0 Å². The highest BCUT2D eigenvalue weighted by Gasteiger charge is 2.18. The molecule has 0 aromatic heterocycles. The van der Waals surface area contributed by atoms with Gasteiger partial charge in [-0.3, -0.25) is 14.9 Å². The van der Waals surface area contributed by atoms with E-state index in [1.807, 2.05) is 5.32 Å². The molecule has 80 valence electrons. The van der Waals surface area contributed by atoms with Gasteiger partial charge in [-0.05, 0) is 27.7 Å². The van der Waals surface area contributed by atoms with Gasteiger partial charge in [-0.25, -0.2) is 4.79 Å². The van der Waals surface area contributed by atoms with Crippen molar-refractivity contribution in [3.63, 3.8) is 0 Å². The Bertz CT molecular complexity index is 252. The number of nitrogens with one attached hydrogen (secondary N) is 1. The van der Waals surface area contributed by atoms with E-state index in [-0.39, 0.29) is 12.2 Å². The van der Waals surface area contributed by atoms with E-state index < -0.39 is 17.6 Å². The zero-order valence-corrected chi connectivity index (χ0v) is 8.84. The van der Waals surface area contributed by atoms with Gasteiger partial charge in [0, 0.05) is 0 Å². The maximum Gasteiger partial charge on any atom is 0.414 e. The number of rotatable bonds is 2. The Balaban J connectivity index is 3.96. The van der Waals surface area contributed by atoms with E-state index in [4.69, 9.17) is 4.74 Å². The van der Waals surface area contributed by atoms with Crippen molar-refractivity contribution in [2.75, 3.05) is 0 Å². The van der Waals surface area contributed by atoms with Crippen molar-refractivity contribution in [3.8, 4) is 0 Å². The minimum Gasteiger partial charge on any atom is -0.444 e. The third-order valence-electron chi connectivity index (χ3n) is 1.05. The summed E-state index contributed by atoms with van der Waals surface area (Å²) in [4.78, 5) is 32.4. The van der Waals surface area contributed by atoms with Crippen LogP contribution in [0, 0.1) is 0 Å². The molecule has 14 heavy (non-hydrogen) atoms. The number of imide groups is 1. The molecule has 0 aliphatic rings. The zero-order valence-electron chi connectivity index (χ0n) is 8.84. The molecule has 5 heteroatoms. The minimum atomic E-state index is -0.830. The monoisotopic (exact) mass is 201 g/mol. The number of hydrogen-bond donors (Lipinski definition) is 1. The Morgan fingerprint density at radius 2 is 1.71 bits per heavy atom. The lowest BCUT2D eigenvalue weighted by Crippen LogP contribution is -2.36. The van der Waals surface area contributed by atoms with Gasteiger partial charge < -0.3 is 4.74 Å². The maximum absolute atomic E-state index is 11.0. The predicted molar refractivity (Wildman–Crippen MR) is 49.7 cm³/mol. The van der Waals surface area contributed by atoms with E-state index in [1.165, 1.54) is 6.92 Å². The molecule has 0 atom stereocenters. The van der Waals surface area contributed by atoms with Crippen LogP contribution in [0.15, 0.2) is 0 Å². The van der Waals surface area contributed by atoms with Gasteiger partial charge in [-0.15, -0.1) is 0 Å². The van der Waals surface area contributed by atoms with Crippen molar-refractivity contribution < 1.29 is 19.1 Å². The fourth-order valence-electron chi connectivity index (χ4n) is 0.688. The van der Waals surface area contributed by atoms with E-state index in [1.54, 1.807) is 20.8 Å². The summed E-state index contributed by atoms with van der Waals surface area (Å²) in [6.07, 6.45) is -1.14. The number of alkyl carbamates (subject to hydrolysis) is 1. The summed E-state index contributed by atoms with van der Waals surface area (Å²) in [7, 11) is 0. The first kappa shape index (κ1) is 12.6. The molecule has 0 aliphatic carbocycles. The number of amides is 2. The molecule has 1 N–H and O–H groups in total. The summed E-state index contributed by atoms with van der Waals surface area (Å²) < 4.78 is 4.81. The van der Waals surface area contributed by atoms with Gasteiger partial charge in [0.15, 0.2) is 0 Å². The second-order valence-corrected chi connectivity index (χ2v) is 3.93. The Hall–Kier alpha value is -1.39. The van der Waals surface area contributed by atoms with Crippen LogP contribution in [0.3, 0.4) is 0 Å². The Morgan fingerprint density at radius 1 is 1.21 bits per heavy atom. The number of Topliss-reactive ketones (excluding diaryl/α,β-unsaturated/α-hetero) is 1. The quantitative estimate of drug-likeness (QED) is 0.677. The van der Waals surface area contributed by atoms with Crippen LogP contribution in [0.5, 0.6) is 0 Å². The summed E-state index contributed by atoms with van der Waals surface area (Å²) in [5, 5.41) is 1.95. The molecule has 0 aromatic carbocycles. The summed E-state index contributed by atoms with van der Waals surface area (Å²) in [5.74, 6) is -0.946. The van der Waals surface area contributed by atoms with E-state index in [0.29, 0.717) is 0 Å². The van der Waals surface area contributed by atoms with Gasteiger partial charge in [-0.1, -0.05) is 0 Å². The van der Waals surface area contributed by atoms with Crippen molar-refractivity contribution >= 4 is 17.8 Å². The average molecular weight is 201 g/mol. The number of carbonyl (C=O) groups excluding carboxylic acids is 3. The van der Waals surface area contributed by atoms with Gasteiger partial charge >= 0.3 is 6.09 Å². The Morgan fingerprint density at radius 3 is 2.07 bits per heavy atom. The van der Waals surface area contributed by atoms with Crippen LogP contribution >= 0.6 is 0 Å². The standard InChI is InChI=1S/C9H15NO4/c1-6(11)5-7(12)10-8(13)14-9(2,3)4/h5H2,1-4H3,(H,10,12,13). The van der Waals surface area contributed by atoms with Crippen LogP contribution in [0.2, 0.25) is 0 Å². The molecular formula is C9H15NO4. The molecule has 2 amide bonds. The largest absolute Gasteiger partial charge is 0.444 e. The van der Waals surface area contributed by atoms with Crippen LogP contribution in [0.25, 0.3) is 0 Å². The molecule has 0 saturated carbocycles. The Kier molecular flexibility index (Phi) is 4.27. The van der Waals surface area contributed by atoms with Gasteiger partial charge in [-0.2, -0.15) is 0 Å². The fraction of sp³-hybridized carbons (Fsp3) is 0.667. The topological polar surface area (TPSA) is 72.5 Å². The number of ether oxygens (including phenoxy) is 1. The third kappa shape index (κ3) is 7.27. The van der Waals surface area contributed by atoms with E-state index in [0.717, 1.165) is 0 Å². The number of hydrogen-bond acceptors (Lipinski definition) is 4. The van der Waals surface area contributed by atoms with Gasteiger partial charge in [0.05, 0.1) is 6.42 Å². The highest BCUT2D eigenvalue weighted by molar-refractivity contribution is 6.02. The first-order valence-corrected chi connectivity index (χ1v) is 4.23. The molecule has 0 aliphatic heterocycles. The second-order valence-electron chi connectivity index (χ2n) is 3.93. The maximum atomic E-state index is 11.0. The first-order valence-electron chi connectivity index (χ1n) is 4.23. The molecule has 0 radical (unpaired) electrons. The van der Waals surface area contributed by atoms with Gasteiger partial charge in [0.1, 0.15) is 11.4 Å². The van der Waals surface area contributed by atoms with E-state index in [9.17, 15) is 14.4 Å². The first-order chi connectivity index (χ1) is 6.20. The molecule has 0 unspecified atom stereocenters. The van der Waals surface area contributed by atoms with E-state index in [2.05, 4.69) is 0 Å². The predicted octanol–water partition coefficient (Wildman–Crippen LogP) is 1.02. The van der Waals surface area contributed by atoms with Crippen LogP contribution in [0.4, 0.5) is 4.79 Å². The minimum absolute atomic E-state index is 0.300. The van der Waals surface area contributed by atoms with Crippen LogP contribution in [0.1, 0.15) is 34.1 Å². The SMILES string of the molecule is CC(=O)CC(=O)NC(=O)OC(C)(C)C.